The molecule has 0 bridgehead atoms. The molecule has 0 spiro atoms. The van der Waals surface area contributed by atoms with Crippen LogP contribution >= 0.6 is 11.6 Å². The molecule has 2 N–H and O–H groups in total. The van der Waals surface area contributed by atoms with Gasteiger partial charge in [-0.3, -0.25) is 9.59 Å². The lowest BCUT2D eigenvalue weighted by molar-refractivity contribution is -0.118. The summed E-state index contributed by atoms with van der Waals surface area (Å²) in [5.74, 6) is 0.778. The molecule has 0 heterocycles. The molecule has 0 aliphatic carbocycles. The minimum absolute atomic E-state index is 0.162. The maximum atomic E-state index is 12.1. The zero-order valence-electron chi connectivity index (χ0n) is 14.6. The van der Waals surface area contributed by atoms with Crippen molar-refractivity contribution < 1.29 is 23.8 Å². The van der Waals surface area contributed by atoms with Crippen molar-refractivity contribution in [1.29, 1.82) is 0 Å². The van der Waals surface area contributed by atoms with Crippen LogP contribution in [-0.2, 0) is 9.59 Å². The highest BCUT2D eigenvalue weighted by molar-refractivity contribution is 6.32. The fraction of sp³-hybridized carbons (Fsp3) is 0.222. The zero-order valence-corrected chi connectivity index (χ0v) is 15.3. The maximum absolute atomic E-state index is 12.1. The maximum Gasteiger partial charge on any atom is 0.262 e. The van der Waals surface area contributed by atoms with Gasteiger partial charge >= 0.3 is 0 Å². The van der Waals surface area contributed by atoms with E-state index in [1.165, 1.54) is 21.1 Å². The molecule has 2 rings (SSSR count). The number of rotatable bonds is 7. The molecule has 0 aliphatic heterocycles. The van der Waals surface area contributed by atoms with Crippen molar-refractivity contribution in [3.05, 3.63) is 41.4 Å². The average molecular weight is 379 g/mol. The highest BCUT2D eigenvalue weighted by atomic mass is 35.5. The first-order valence-electron chi connectivity index (χ1n) is 7.64. The molecule has 2 aromatic rings. The summed E-state index contributed by atoms with van der Waals surface area (Å²) in [5.41, 5.74) is 1.07. The summed E-state index contributed by atoms with van der Waals surface area (Å²) in [5, 5.41) is 5.71. The summed E-state index contributed by atoms with van der Waals surface area (Å²) in [4.78, 5) is 23.1. The largest absolute Gasteiger partial charge is 0.495 e. The normalized spacial score (nSPS) is 10.0. The fourth-order valence-corrected chi connectivity index (χ4v) is 2.36. The van der Waals surface area contributed by atoms with E-state index in [9.17, 15) is 9.59 Å². The van der Waals surface area contributed by atoms with E-state index in [2.05, 4.69) is 10.6 Å². The zero-order chi connectivity index (χ0) is 19.1. The molecule has 0 aliphatic rings. The predicted molar refractivity (Wildman–Crippen MR) is 99.4 cm³/mol. The Morgan fingerprint density at radius 3 is 2.23 bits per heavy atom. The van der Waals surface area contributed by atoms with Crippen LogP contribution in [0.2, 0.25) is 5.02 Å². The van der Waals surface area contributed by atoms with Crippen LogP contribution in [0.15, 0.2) is 36.4 Å². The van der Waals surface area contributed by atoms with Crippen LogP contribution in [0.1, 0.15) is 6.92 Å². The Morgan fingerprint density at radius 2 is 1.65 bits per heavy atom. The third-order valence-corrected chi connectivity index (χ3v) is 3.59. The van der Waals surface area contributed by atoms with Gasteiger partial charge in [-0.05, 0) is 24.3 Å². The average Bonchev–Trinajstić information content (AvgIpc) is 2.61. The fourth-order valence-electron chi connectivity index (χ4n) is 2.13. The summed E-state index contributed by atoms with van der Waals surface area (Å²) in [7, 11) is 2.95. The Hall–Kier alpha value is -2.93. The molecular weight excluding hydrogens is 360 g/mol. The molecule has 0 unspecified atom stereocenters. The number of benzene rings is 2. The van der Waals surface area contributed by atoms with Crippen molar-refractivity contribution >= 4 is 34.8 Å². The number of hydrogen-bond donors (Lipinski definition) is 2. The van der Waals surface area contributed by atoms with Crippen LogP contribution in [0.4, 0.5) is 11.4 Å². The SMILES string of the molecule is COc1cc(NC(=O)COc2ccc(NC(C)=O)cc2)c(OC)cc1Cl. The number of ether oxygens (including phenoxy) is 3. The van der Waals surface area contributed by atoms with E-state index in [1.807, 2.05) is 0 Å². The third-order valence-electron chi connectivity index (χ3n) is 3.29. The molecule has 0 radical (unpaired) electrons. The number of anilines is 2. The molecule has 26 heavy (non-hydrogen) atoms. The molecule has 2 amide bonds. The van der Waals surface area contributed by atoms with E-state index >= 15 is 0 Å². The monoisotopic (exact) mass is 378 g/mol. The Morgan fingerprint density at radius 1 is 1.00 bits per heavy atom. The second-order valence-electron chi connectivity index (χ2n) is 5.23. The summed E-state index contributed by atoms with van der Waals surface area (Å²) in [6.07, 6.45) is 0. The van der Waals surface area contributed by atoms with Crippen LogP contribution in [0.3, 0.4) is 0 Å². The van der Waals surface area contributed by atoms with Gasteiger partial charge in [0, 0.05) is 24.7 Å². The summed E-state index contributed by atoms with van der Waals surface area (Å²) < 4.78 is 15.8. The first-order valence-corrected chi connectivity index (χ1v) is 8.02. The van der Waals surface area contributed by atoms with Gasteiger partial charge in [-0.25, -0.2) is 0 Å². The minimum Gasteiger partial charge on any atom is -0.495 e. The van der Waals surface area contributed by atoms with Crippen molar-refractivity contribution in [2.75, 3.05) is 31.5 Å². The summed E-state index contributed by atoms with van der Waals surface area (Å²) in [6.45, 7) is 1.22. The second kappa shape index (κ2) is 8.96. The van der Waals surface area contributed by atoms with Gasteiger partial charge in [0.2, 0.25) is 5.91 Å². The van der Waals surface area contributed by atoms with Gasteiger partial charge in [-0.15, -0.1) is 0 Å². The molecule has 138 valence electrons. The Kier molecular flexibility index (Phi) is 6.68. The van der Waals surface area contributed by atoms with Crippen molar-refractivity contribution in [3.63, 3.8) is 0 Å². The number of methoxy groups -OCH3 is 2. The van der Waals surface area contributed by atoms with Crippen LogP contribution < -0.4 is 24.8 Å². The lowest BCUT2D eigenvalue weighted by Gasteiger charge is -2.13. The quantitative estimate of drug-likeness (QED) is 0.771. The van der Waals surface area contributed by atoms with Gasteiger partial charge in [0.25, 0.3) is 5.91 Å². The van der Waals surface area contributed by atoms with Gasteiger partial charge in [0.05, 0.1) is 24.9 Å². The van der Waals surface area contributed by atoms with Gasteiger partial charge in [0.15, 0.2) is 6.61 Å². The lowest BCUT2D eigenvalue weighted by atomic mass is 10.2. The van der Waals surface area contributed by atoms with E-state index < -0.39 is 0 Å². The number of carbonyl (C=O) groups is 2. The van der Waals surface area contributed by atoms with Crippen molar-refractivity contribution in [2.24, 2.45) is 0 Å². The van der Waals surface area contributed by atoms with E-state index in [1.54, 1.807) is 36.4 Å². The topological polar surface area (TPSA) is 85.9 Å². The van der Waals surface area contributed by atoms with Gasteiger partial charge in [-0.2, -0.15) is 0 Å². The Labute approximate surface area is 156 Å². The smallest absolute Gasteiger partial charge is 0.262 e. The molecule has 8 heteroatoms. The number of halogens is 1. The number of hydrogen-bond acceptors (Lipinski definition) is 5. The molecule has 0 fully saturated rings. The number of amides is 2. The lowest BCUT2D eigenvalue weighted by Crippen LogP contribution is -2.20. The van der Waals surface area contributed by atoms with Gasteiger partial charge < -0.3 is 24.8 Å². The highest BCUT2D eigenvalue weighted by Gasteiger charge is 2.13. The first kappa shape index (κ1) is 19.4. The van der Waals surface area contributed by atoms with E-state index in [4.69, 9.17) is 25.8 Å². The standard InChI is InChI=1S/C18H19ClN2O5/c1-11(22)20-12-4-6-13(7-5-12)26-10-18(23)21-15-9-16(24-2)14(19)8-17(15)25-3/h4-9H,10H2,1-3H3,(H,20,22)(H,21,23). The molecule has 0 atom stereocenters. The Bertz CT molecular complexity index is 793. The first-order chi connectivity index (χ1) is 12.4. The Balaban J connectivity index is 1.97. The van der Waals surface area contributed by atoms with Crippen LogP contribution in [0.5, 0.6) is 17.2 Å². The predicted octanol–water partition coefficient (Wildman–Crippen LogP) is 3.33. The van der Waals surface area contributed by atoms with Crippen LogP contribution in [-0.4, -0.2) is 32.6 Å². The van der Waals surface area contributed by atoms with Gasteiger partial charge in [-0.1, -0.05) is 11.6 Å². The highest BCUT2D eigenvalue weighted by Crippen LogP contribution is 2.35. The summed E-state index contributed by atoms with van der Waals surface area (Å²) >= 11 is 6.03. The molecule has 0 aromatic heterocycles. The number of nitrogens with one attached hydrogen (secondary N) is 2. The van der Waals surface area contributed by atoms with Crippen molar-refractivity contribution in [3.8, 4) is 17.2 Å². The molecule has 0 saturated carbocycles. The van der Waals surface area contributed by atoms with E-state index in [0.29, 0.717) is 33.6 Å². The van der Waals surface area contributed by atoms with Gasteiger partial charge in [0.1, 0.15) is 17.2 Å². The summed E-state index contributed by atoms with van der Waals surface area (Å²) in [6, 6.07) is 9.80. The van der Waals surface area contributed by atoms with E-state index in [-0.39, 0.29) is 18.4 Å². The molecule has 0 saturated heterocycles. The minimum atomic E-state index is -0.376. The third kappa shape index (κ3) is 5.29. The van der Waals surface area contributed by atoms with Crippen LogP contribution in [0.25, 0.3) is 0 Å². The molecule has 7 nitrogen and oxygen atoms in total. The van der Waals surface area contributed by atoms with E-state index in [0.717, 1.165) is 0 Å². The molecule has 2 aromatic carbocycles. The van der Waals surface area contributed by atoms with Crippen LogP contribution in [0, 0.1) is 0 Å². The van der Waals surface area contributed by atoms with Crippen molar-refractivity contribution in [1.82, 2.24) is 0 Å². The van der Waals surface area contributed by atoms with Crippen molar-refractivity contribution in [2.45, 2.75) is 6.92 Å². The number of carbonyl (C=O) groups excluding carboxylic acids is 2. The molecular formula is C18H19ClN2O5. The second-order valence-corrected chi connectivity index (χ2v) is 5.64.